The summed E-state index contributed by atoms with van der Waals surface area (Å²) in [5.41, 5.74) is 1.63. The summed E-state index contributed by atoms with van der Waals surface area (Å²) in [7, 11) is 0. The Hall–Kier alpha value is -4.06. The number of fused-ring (bicyclic) bond motifs is 1. The van der Waals surface area contributed by atoms with Crippen LogP contribution < -0.4 is 11.3 Å². The first-order valence-electron chi connectivity index (χ1n) is 10.9. The third-order valence-electron chi connectivity index (χ3n) is 4.35. The second-order valence-corrected chi connectivity index (χ2v) is 6.21. The van der Waals surface area contributed by atoms with Crippen LogP contribution in [0.1, 0.15) is 53.3 Å². The molecule has 0 aliphatic rings. The molecule has 0 fully saturated rings. The lowest BCUT2D eigenvalue weighted by Crippen LogP contribution is -2.08. The van der Waals surface area contributed by atoms with Crippen LogP contribution in [0, 0.1) is 0 Å². The fourth-order valence-electron chi connectivity index (χ4n) is 2.93. The zero-order valence-corrected chi connectivity index (χ0v) is 19.6. The summed E-state index contributed by atoms with van der Waals surface area (Å²) in [5, 5.41) is 0.428. The molecule has 6 heteroatoms. The molecule has 0 saturated heterocycles. The van der Waals surface area contributed by atoms with Gasteiger partial charge in [-0.1, -0.05) is 66.0 Å². The number of hydrogen-bond donors (Lipinski definition) is 0. The van der Waals surface area contributed by atoms with Crippen LogP contribution >= 0.6 is 0 Å². The Labute approximate surface area is 200 Å². The van der Waals surface area contributed by atoms with Crippen molar-refractivity contribution in [3.05, 3.63) is 93.3 Å². The van der Waals surface area contributed by atoms with E-state index >= 15 is 0 Å². The summed E-state index contributed by atoms with van der Waals surface area (Å²) in [6, 6.07) is 13.9. The van der Waals surface area contributed by atoms with Gasteiger partial charge in [0.1, 0.15) is 0 Å². The zero-order valence-electron chi connectivity index (χ0n) is 19.6. The number of nitrogens with zero attached hydrogens (tertiary/aromatic N) is 2. The molecule has 4 rings (SSSR count). The van der Waals surface area contributed by atoms with Gasteiger partial charge >= 0.3 is 11.3 Å². The molecule has 6 nitrogen and oxygen atoms in total. The lowest BCUT2D eigenvalue weighted by molar-refractivity contribution is 0.504. The van der Waals surface area contributed by atoms with Crippen LogP contribution in [0.25, 0.3) is 46.0 Å². The molecule has 0 bridgehead atoms. The Morgan fingerprint density at radius 2 is 1.32 bits per heavy atom. The second-order valence-electron chi connectivity index (χ2n) is 6.21. The predicted octanol–water partition coefficient (Wildman–Crippen LogP) is 7.23. The van der Waals surface area contributed by atoms with Crippen molar-refractivity contribution < 1.29 is 8.83 Å². The highest BCUT2D eigenvalue weighted by molar-refractivity contribution is 5.78. The van der Waals surface area contributed by atoms with Gasteiger partial charge in [0.05, 0.1) is 22.2 Å². The first-order chi connectivity index (χ1) is 16.1. The second kappa shape index (κ2) is 13.5. The number of benzene rings is 2. The fourth-order valence-corrected chi connectivity index (χ4v) is 2.93. The van der Waals surface area contributed by atoms with E-state index in [4.69, 9.17) is 8.83 Å². The third kappa shape index (κ3) is 6.04. The quantitative estimate of drug-likeness (QED) is 0.319. The maximum atomic E-state index is 12.2. The van der Waals surface area contributed by atoms with Gasteiger partial charge in [0.25, 0.3) is 0 Å². The van der Waals surface area contributed by atoms with E-state index in [0.717, 1.165) is 0 Å². The molecular formula is C28H32N2O4. The SMILES string of the molecule is C.C=Cc1c(/C=C\C)nc(-c2ccc(-c3nc4ccccc4c(=O)o3)cc2)oc1=O.CC.CC. The van der Waals surface area contributed by atoms with Crippen molar-refractivity contribution in [3.63, 3.8) is 0 Å². The van der Waals surface area contributed by atoms with Crippen molar-refractivity contribution in [3.8, 4) is 22.9 Å². The highest BCUT2D eigenvalue weighted by Gasteiger charge is 2.12. The molecular weight excluding hydrogens is 428 g/mol. The Bertz CT molecular complexity index is 1360. The van der Waals surface area contributed by atoms with Gasteiger partial charge in [-0.3, -0.25) is 0 Å². The first kappa shape index (κ1) is 28.0. The van der Waals surface area contributed by atoms with Gasteiger partial charge in [-0.05, 0) is 49.4 Å². The summed E-state index contributed by atoms with van der Waals surface area (Å²) in [4.78, 5) is 33.2. The summed E-state index contributed by atoms with van der Waals surface area (Å²) in [6.45, 7) is 13.5. The number of hydrogen-bond acceptors (Lipinski definition) is 6. The van der Waals surface area contributed by atoms with E-state index in [1.165, 1.54) is 6.08 Å². The molecule has 34 heavy (non-hydrogen) atoms. The molecule has 0 radical (unpaired) electrons. The molecule has 0 saturated carbocycles. The molecule has 0 amide bonds. The van der Waals surface area contributed by atoms with Gasteiger partial charge in [0, 0.05) is 11.1 Å². The molecule has 178 valence electrons. The van der Waals surface area contributed by atoms with E-state index < -0.39 is 11.3 Å². The summed E-state index contributed by atoms with van der Waals surface area (Å²) in [6.07, 6.45) is 4.93. The van der Waals surface area contributed by atoms with Crippen LogP contribution in [0.2, 0.25) is 0 Å². The molecule has 0 unspecified atom stereocenters. The molecule has 2 aromatic heterocycles. The highest BCUT2D eigenvalue weighted by Crippen LogP contribution is 2.23. The van der Waals surface area contributed by atoms with Crippen molar-refractivity contribution in [2.24, 2.45) is 0 Å². The molecule has 2 heterocycles. The lowest BCUT2D eigenvalue weighted by atomic mass is 10.1. The molecule has 0 aliphatic carbocycles. The smallest absolute Gasteiger partial charge is 0.347 e. The van der Waals surface area contributed by atoms with Crippen LogP contribution in [0.15, 0.2) is 79.6 Å². The maximum absolute atomic E-state index is 12.2. The fraction of sp³-hybridized carbons (Fsp3) is 0.214. The van der Waals surface area contributed by atoms with E-state index in [2.05, 4.69) is 16.5 Å². The monoisotopic (exact) mass is 460 g/mol. The van der Waals surface area contributed by atoms with Crippen LogP contribution in [-0.4, -0.2) is 9.97 Å². The van der Waals surface area contributed by atoms with Crippen molar-refractivity contribution in [1.82, 2.24) is 9.97 Å². The minimum Gasteiger partial charge on any atom is -0.403 e. The predicted molar refractivity (Wildman–Crippen MR) is 142 cm³/mol. The standard InChI is InChI=1S/C23H16N2O4.2C2H6.CH4/c1-3-7-18-16(4-2)22(26)28-20(24-18)14-10-12-15(13-11-14)21-25-19-9-6-5-8-17(19)23(27)29-21;2*1-2;/h3-13H,2H2,1H3;2*1-2H3;1H4/b7-3-;;;. The Kier molecular flexibility index (Phi) is 11.1. The Morgan fingerprint density at radius 3 is 1.88 bits per heavy atom. The average Bonchev–Trinajstić information content (AvgIpc) is 2.86. The number of rotatable bonds is 4. The minimum absolute atomic E-state index is 0. The number of para-hydroxylation sites is 1. The van der Waals surface area contributed by atoms with Crippen LogP contribution in [0.3, 0.4) is 0 Å². The Balaban J connectivity index is 0.00000110. The maximum Gasteiger partial charge on any atom is 0.347 e. The van der Waals surface area contributed by atoms with Crippen LogP contribution in [0.4, 0.5) is 0 Å². The summed E-state index contributed by atoms with van der Waals surface area (Å²) >= 11 is 0. The van der Waals surface area contributed by atoms with E-state index in [1.54, 1.807) is 54.6 Å². The van der Waals surface area contributed by atoms with Crippen LogP contribution in [0.5, 0.6) is 0 Å². The van der Waals surface area contributed by atoms with Gasteiger partial charge < -0.3 is 8.83 Å². The molecule has 0 atom stereocenters. The summed E-state index contributed by atoms with van der Waals surface area (Å²) < 4.78 is 10.7. The van der Waals surface area contributed by atoms with Crippen molar-refractivity contribution in [2.45, 2.75) is 42.0 Å². The van der Waals surface area contributed by atoms with Crippen molar-refractivity contribution >= 4 is 23.1 Å². The lowest BCUT2D eigenvalue weighted by Gasteiger charge is -2.05. The highest BCUT2D eigenvalue weighted by atomic mass is 16.4. The number of allylic oxidation sites excluding steroid dienone is 1. The average molecular weight is 461 g/mol. The van der Waals surface area contributed by atoms with Gasteiger partial charge in [-0.2, -0.15) is 0 Å². The molecule has 0 spiro atoms. The van der Waals surface area contributed by atoms with E-state index in [0.29, 0.717) is 33.3 Å². The van der Waals surface area contributed by atoms with Crippen molar-refractivity contribution in [2.75, 3.05) is 0 Å². The van der Waals surface area contributed by atoms with Crippen LogP contribution in [-0.2, 0) is 0 Å². The van der Waals surface area contributed by atoms with Gasteiger partial charge in [0.15, 0.2) is 0 Å². The largest absolute Gasteiger partial charge is 0.403 e. The van der Waals surface area contributed by atoms with Gasteiger partial charge in [0.2, 0.25) is 11.8 Å². The molecule has 0 aliphatic heterocycles. The van der Waals surface area contributed by atoms with Gasteiger partial charge in [-0.25, -0.2) is 19.6 Å². The molecule has 0 N–H and O–H groups in total. The van der Waals surface area contributed by atoms with E-state index in [9.17, 15) is 9.59 Å². The van der Waals surface area contributed by atoms with Crippen molar-refractivity contribution in [1.29, 1.82) is 0 Å². The number of aromatic nitrogens is 2. The van der Waals surface area contributed by atoms with Gasteiger partial charge in [-0.15, -0.1) is 0 Å². The molecule has 4 aromatic rings. The zero-order chi connectivity index (χ0) is 24.4. The van der Waals surface area contributed by atoms with E-state index in [1.807, 2.05) is 40.7 Å². The minimum atomic E-state index is -0.510. The van der Waals surface area contributed by atoms with E-state index in [-0.39, 0.29) is 19.2 Å². The normalized spacial score (nSPS) is 9.91. The third-order valence-corrected chi connectivity index (χ3v) is 4.35. The first-order valence-corrected chi connectivity index (χ1v) is 10.9. The summed E-state index contributed by atoms with van der Waals surface area (Å²) in [5.74, 6) is 0.402. The Morgan fingerprint density at radius 1 is 0.794 bits per heavy atom. The topological polar surface area (TPSA) is 86.2 Å². The molecule has 2 aromatic carbocycles.